The molecule has 0 radical (unpaired) electrons. The largest absolute Gasteiger partial charge is 0.463 e. The van der Waals surface area contributed by atoms with Crippen LogP contribution in [0.2, 0.25) is 0 Å². The van der Waals surface area contributed by atoms with E-state index in [-0.39, 0.29) is 6.04 Å². The molecule has 6 nitrogen and oxygen atoms in total. The number of aryl methyl sites for hydroxylation is 2. The normalized spacial score (nSPS) is 17.0. The first-order valence-corrected chi connectivity index (χ1v) is 7.30. The fourth-order valence-electron chi connectivity index (χ4n) is 2.34. The van der Waals surface area contributed by atoms with Gasteiger partial charge in [0.25, 0.3) is 6.02 Å². The Morgan fingerprint density at radius 1 is 1.27 bits per heavy atom. The van der Waals surface area contributed by atoms with Gasteiger partial charge in [-0.3, -0.25) is 0 Å². The number of nitrogens with zero attached hydrogens (tertiary/aromatic N) is 3. The summed E-state index contributed by atoms with van der Waals surface area (Å²) in [6.07, 6.45) is 3.46. The van der Waals surface area contributed by atoms with E-state index in [2.05, 4.69) is 44.5 Å². The van der Waals surface area contributed by atoms with Crippen molar-refractivity contribution in [1.29, 1.82) is 0 Å². The van der Waals surface area contributed by atoms with Crippen molar-refractivity contribution >= 4 is 17.5 Å². The molecule has 0 unspecified atom stereocenters. The molecule has 1 aromatic heterocycles. The van der Waals surface area contributed by atoms with Crippen molar-refractivity contribution in [2.75, 3.05) is 11.9 Å². The molecule has 0 spiro atoms. The van der Waals surface area contributed by atoms with Crippen LogP contribution in [-0.4, -0.2) is 28.6 Å². The van der Waals surface area contributed by atoms with Crippen LogP contribution in [0.5, 0.6) is 0 Å². The molecule has 114 valence electrons. The van der Waals surface area contributed by atoms with Crippen LogP contribution in [0.3, 0.4) is 0 Å². The van der Waals surface area contributed by atoms with Crippen molar-refractivity contribution in [2.45, 2.75) is 25.8 Å². The molecule has 3 N–H and O–H groups in total. The molecular formula is C16H19N5O. The smallest absolute Gasteiger partial charge is 0.282 e. The van der Waals surface area contributed by atoms with Gasteiger partial charge in [-0.05, 0) is 37.5 Å². The minimum absolute atomic E-state index is 0.182. The molecule has 1 aliphatic heterocycles. The predicted molar refractivity (Wildman–Crippen MR) is 86.2 cm³/mol. The zero-order valence-corrected chi connectivity index (χ0v) is 12.5. The first-order valence-electron chi connectivity index (χ1n) is 7.30. The van der Waals surface area contributed by atoms with Crippen LogP contribution in [0.1, 0.15) is 17.7 Å². The molecule has 1 atom stereocenters. The number of hydrogen-bond acceptors (Lipinski definition) is 6. The van der Waals surface area contributed by atoms with Crippen molar-refractivity contribution in [3.63, 3.8) is 0 Å². The van der Waals surface area contributed by atoms with Gasteiger partial charge in [-0.15, -0.1) is 0 Å². The molecule has 0 aliphatic carbocycles. The molecule has 2 heterocycles. The van der Waals surface area contributed by atoms with Crippen molar-refractivity contribution in [3.05, 3.63) is 47.9 Å². The molecule has 22 heavy (non-hydrogen) atoms. The minimum atomic E-state index is 0.182. The van der Waals surface area contributed by atoms with Crippen LogP contribution in [-0.2, 0) is 11.2 Å². The Bertz CT molecular complexity index is 668. The van der Waals surface area contributed by atoms with Gasteiger partial charge in [-0.1, -0.05) is 12.1 Å². The summed E-state index contributed by atoms with van der Waals surface area (Å²) in [5.74, 6) is 0.799. The lowest BCUT2D eigenvalue weighted by atomic mass is 10.1. The SMILES string of the molecule is Cc1cc(Nc2ccc(CC[C@H]3COC(N)=N3)cc2)ncn1. The molecular weight excluding hydrogens is 278 g/mol. The molecule has 0 fully saturated rings. The van der Waals surface area contributed by atoms with Crippen molar-refractivity contribution in [1.82, 2.24) is 9.97 Å². The van der Waals surface area contributed by atoms with Crippen molar-refractivity contribution in [2.24, 2.45) is 10.7 Å². The zero-order valence-electron chi connectivity index (χ0n) is 12.5. The summed E-state index contributed by atoms with van der Waals surface area (Å²) in [6.45, 7) is 2.54. The third kappa shape index (κ3) is 3.72. The van der Waals surface area contributed by atoms with E-state index in [0.717, 1.165) is 30.0 Å². The summed E-state index contributed by atoms with van der Waals surface area (Å²) in [5.41, 5.74) is 8.72. The van der Waals surface area contributed by atoms with E-state index in [4.69, 9.17) is 10.5 Å². The van der Waals surface area contributed by atoms with Gasteiger partial charge in [0.2, 0.25) is 0 Å². The number of nitrogens with two attached hydrogens (primary N) is 1. The van der Waals surface area contributed by atoms with Gasteiger partial charge in [0, 0.05) is 17.4 Å². The molecule has 0 saturated carbocycles. The number of anilines is 2. The van der Waals surface area contributed by atoms with Crippen molar-refractivity contribution in [3.8, 4) is 0 Å². The number of aromatic nitrogens is 2. The second kappa shape index (κ2) is 6.43. The number of rotatable bonds is 5. The van der Waals surface area contributed by atoms with E-state index in [1.165, 1.54) is 5.56 Å². The van der Waals surface area contributed by atoms with E-state index < -0.39 is 0 Å². The van der Waals surface area contributed by atoms with Gasteiger partial charge in [0.1, 0.15) is 18.8 Å². The maximum Gasteiger partial charge on any atom is 0.282 e. The van der Waals surface area contributed by atoms with Crippen LogP contribution in [0.25, 0.3) is 0 Å². The Labute approximate surface area is 129 Å². The Kier molecular flexibility index (Phi) is 4.18. The van der Waals surface area contributed by atoms with E-state index in [1.54, 1.807) is 6.33 Å². The van der Waals surface area contributed by atoms with Gasteiger partial charge in [0.15, 0.2) is 0 Å². The molecule has 6 heteroatoms. The number of aliphatic imine (C=N–C) groups is 1. The van der Waals surface area contributed by atoms with E-state index in [0.29, 0.717) is 12.6 Å². The standard InChI is InChI=1S/C16H19N5O/c1-11-8-15(19-10-18-11)20-13-5-2-12(3-6-13)4-7-14-9-22-16(17)21-14/h2-3,5-6,8,10,14H,4,7,9H2,1H3,(H2,17,21)(H,18,19,20)/t14-/m0/s1. The summed E-state index contributed by atoms with van der Waals surface area (Å²) >= 11 is 0. The van der Waals surface area contributed by atoms with Crippen LogP contribution in [0.15, 0.2) is 41.7 Å². The molecule has 1 aromatic carbocycles. The Hall–Kier alpha value is -2.63. The second-order valence-electron chi connectivity index (χ2n) is 5.34. The average Bonchev–Trinajstić information content (AvgIpc) is 2.92. The highest BCUT2D eigenvalue weighted by Gasteiger charge is 2.16. The second-order valence-corrected chi connectivity index (χ2v) is 5.34. The molecule has 1 aliphatic rings. The van der Waals surface area contributed by atoms with Crippen molar-refractivity contribution < 1.29 is 4.74 Å². The molecule has 0 amide bonds. The number of hydrogen-bond donors (Lipinski definition) is 2. The Morgan fingerprint density at radius 2 is 2.09 bits per heavy atom. The third-order valence-corrected chi connectivity index (χ3v) is 3.53. The van der Waals surface area contributed by atoms with E-state index in [9.17, 15) is 0 Å². The summed E-state index contributed by atoms with van der Waals surface area (Å²) in [4.78, 5) is 12.5. The van der Waals surface area contributed by atoms with Gasteiger partial charge in [0.05, 0.1) is 6.04 Å². The van der Waals surface area contributed by atoms with Crippen LogP contribution in [0, 0.1) is 6.92 Å². The van der Waals surface area contributed by atoms with Gasteiger partial charge < -0.3 is 15.8 Å². The van der Waals surface area contributed by atoms with Gasteiger partial charge in [-0.25, -0.2) is 15.0 Å². The first kappa shape index (κ1) is 14.3. The minimum Gasteiger partial charge on any atom is -0.463 e. The average molecular weight is 297 g/mol. The number of ether oxygens (including phenoxy) is 1. The molecule has 0 saturated heterocycles. The molecule has 3 rings (SSSR count). The summed E-state index contributed by atoms with van der Waals surface area (Å²) in [5, 5.41) is 3.27. The van der Waals surface area contributed by atoms with E-state index in [1.807, 2.05) is 13.0 Å². The van der Waals surface area contributed by atoms with Crippen LogP contribution < -0.4 is 11.1 Å². The zero-order chi connectivity index (χ0) is 15.4. The maximum absolute atomic E-state index is 5.51. The topological polar surface area (TPSA) is 85.4 Å². The lowest BCUT2D eigenvalue weighted by molar-refractivity contribution is 0.308. The van der Waals surface area contributed by atoms with Gasteiger partial charge >= 0.3 is 0 Å². The summed E-state index contributed by atoms with van der Waals surface area (Å²) < 4.78 is 5.15. The van der Waals surface area contributed by atoms with E-state index >= 15 is 0 Å². The maximum atomic E-state index is 5.51. The number of benzene rings is 1. The monoisotopic (exact) mass is 297 g/mol. The first-order chi connectivity index (χ1) is 10.7. The highest BCUT2D eigenvalue weighted by atomic mass is 16.5. The Balaban J connectivity index is 1.56. The Morgan fingerprint density at radius 3 is 2.77 bits per heavy atom. The quantitative estimate of drug-likeness (QED) is 0.883. The highest BCUT2D eigenvalue weighted by Crippen LogP contribution is 2.17. The predicted octanol–water partition coefficient (Wildman–Crippen LogP) is 2.17. The lowest BCUT2D eigenvalue weighted by Crippen LogP contribution is -2.10. The van der Waals surface area contributed by atoms with Gasteiger partial charge in [-0.2, -0.15) is 0 Å². The highest BCUT2D eigenvalue weighted by molar-refractivity contribution is 5.73. The molecule has 2 aromatic rings. The summed E-state index contributed by atoms with van der Waals surface area (Å²) in [7, 11) is 0. The number of nitrogens with one attached hydrogen (secondary N) is 1. The fraction of sp³-hybridized carbons (Fsp3) is 0.312. The van der Waals surface area contributed by atoms with Crippen LogP contribution >= 0.6 is 0 Å². The summed E-state index contributed by atoms with van der Waals surface area (Å²) in [6, 6.07) is 10.7. The molecule has 0 bridgehead atoms. The fourth-order valence-corrected chi connectivity index (χ4v) is 2.34. The number of amidine groups is 1. The van der Waals surface area contributed by atoms with Crippen LogP contribution in [0.4, 0.5) is 11.5 Å². The lowest BCUT2D eigenvalue weighted by Gasteiger charge is -2.08. The third-order valence-electron chi connectivity index (χ3n) is 3.53.